The Balaban J connectivity index is 2.79. The molecule has 2 heteroatoms. The van der Waals surface area contributed by atoms with Crippen LogP contribution in [0.4, 0.5) is 4.39 Å². The van der Waals surface area contributed by atoms with E-state index in [0.29, 0.717) is 13.1 Å². The maximum Gasteiger partial charge on any atom is 0.102 e. The van der Waals surface area contributed by atoms with Crippen molar-refractivity contribution in [2.75, 3.05) is 19.8 Å². The van der Waals surface area contributed by atoms with Crippen LogP contribution in [-0.4, -0.2) is 19.8 Å². The quantitative estimate of drug-likeness (QED) is 0.419. The van der Waals surface area contributed by atoms with Gasteiger partial charge in [-0.15, -0.1) is 5.92 Å². The first-order valence-electron chi connectivity index (χ1n) is 2.58. The summed E-state index contributed by atoms with van der Waals surface area (Å²) < 4.78 is 11.3. The Morgan fingerprint density at radius 3 is 2.88 bits per heavy atom. The summed E-state index contributed by atoms with van der Waals surface area (Å²) in [5.41, 5.74) is 0. The molecule has 0 atom stereocenters. The van der Waals surface area contributed by atoms with E-state index in [-0.39, 0.29) is 6.67 Å². The van der Waals surface area contributed by atoms with Gasteiger partial charge >= 0.3 is 0 Å². The molecule has 0 saturated heterocycles. The molecule has 0 aromatic carbocycles. The van der Waals surface area contributed by atoms with Crippen molar-refractivity contribution in [3.8, 4) is 11.8 Å². The Bertz CT molecular complexity index is 90.4. The summed E-state index contributed by atoms with van der Waals surface area (Å²) in [5, 5.41) is 2.79. The summed E-state index contributed by atoms with van der Waals surface area (Å²) in [5.74, 6) is 5.45. The van der Waals surface area contributed by atoms with E-state index in [1.54, 1.807) is 6.92 Å². The zero-order chi connectivity index (χ0) is 6.24. The minimum atomic E-state index is -0.314. The SMILES string of the molecule is CC#CCNCCF. The Morgan fingerprint density at radius 2 is 2.38 bits per heavy atom. The molecule has 0 aromatic rings. The van der Waals surface area contributed by atoms with Crippen molar-refractivity contribution in [2.24, 2.45) is 0 Å². The van der Waals surface area contributed by atoms with Crippen LogP contribution in [0.15, 0.2) is 0 Å². The van der Waals surface area contributed by atoms with E-state index in [1.807, 2.05) is 0 Å². The van der Waals surface area contributed by atoms with Gasteiger partial charge < -0.3 is 5.32 Å². The third kappa shape index (κ3) is 5.45. The number of hydrogen-bond acceptors (Lipinski definition) is 1. The fraction of sp³-hybridized carbons (Fsp3) is 0.667. The van der Waals surface area contributed by atoms with Crippen LogP contribution >= 0.6 is 0 Å². The Morgan fingerprint density at radius 1 is 1.62 bits per heavy atom. The van der Waals surface area contributed by atoms with Crippen molar-refractivity contribution in [2.45, 2.75) is 6.92 Å². The van der Waals surface area contributed by atoms with Gasteiger partial charge in [0, 0.05) is 6.54 Å². The highest BCUT2D eigenvalue weighted by molar-refractivity contribution is 4.96. The maximum absolute atomic E-state index is 11.3. The van der Waals surface area contributed by atoms with Gasteiger partial charge in [-0.2, -0.15) is 0 Å². The molecule has 0 radical (unpaired) electrons. The van der Waals surface area contributed by atoms with Crippen LogP contribution in [0.5, 0.6) is 0 Å². The van der Waals surface area contributed by atoms with Crippen molar-refractivity contribution < 1.29 is 4.39 Å². The largest absolute Gasteiger partial charge is 0.304 e. The number of nitrogens with one attached hydrogen (secondary N) is 1. The Hall–Kier alpha value is -0.550. The molecule has 8 heavy (non-hydrogen) atoms. The normalized spacial score (nSPS) is 7.75. The van der Waals surface area contributed by atoms with Crippen LogP contribution in [0.2, 0.25) is 0 Å². The van der Waals surface area contributed by atoms with Gasteiger partial charge in [0.05, 0.1) is 6.54 Å². The molecule has 0 heterocycles. The molecule has 0 unspecified atom stereocenters. The summed E-state index contributed by atoms with van der Waals surface area (Å²) in [6.45, 7) is 2.46. The number of hydrogen-bond donors (Lipinski definition) is 1. The van der Waals surface area contributed by atoms with E-state index in [2.05, 4.69) is 17.2 Å². The van der Waals surface area contributed by atoms with Gasteiger partial charge in [-0.3, -0.25) is 0 Å². The second-order valence-electron chi connectivity index (χ2n) is 1.29. The fourth-order valence-corrected chi connectivity index (χ4v) is 0.306. The predicted molar refractivity (Wildman–Crippen MR) is 32.3 cm³/mol. The van der Waals surface area contributed by atoms with Crippen LogP contribution in [0, 0.1) is 11.8 Å². The van der Waals surface area contributed by atoms with E-state index in [0.717, 1.165) is 0 Å². The Kier molecular flexibility index (Phi) is 6.01. The highest BCUT2D eigenvalue weighted by Crippen LogP contribution is 1.61. The third-order valence-electron chi connectivity index (χ3n) is 0.661. The minimum Gasteiger partial charge on any atom is -0.304 e. The van der Waals surface area contributed by atoms with Crippen LogP contribution in [-0.2, 0) is 0 Å². The molecule has 0 spiro atoms. The molecular formula is C6H10FN. The van der Waals surface area contributed by atoms with Gasteiger partial charge in [-0.1, -0.05) is 5.92 Å². The first-order valence-corrected chi connectivity index (χ1v) is 2.58. The second-order valence-corrected chi connectivity index (χ2v) is 1.29. The van der Waals surface area contributed by atoms with Gasteiger partial charge in [0.15, 0.2) is 0 Å². The van der Waals surface area contributed by atoms with Gasteiger partial charge in [-0.05, 0) is 6.92 Å². The van der Waals surface area contributed by atoms with E-state index in [4.69, 9.17) is 0 Å². The second kappa shape index (κ2) is 6.45. The predicted octanol–water partition coefficient (Wildman–Crippen LogP) is 0.569. The molecular weight excluding hydrogens is 105 g/mol. The van der Waals surface area contributed by atoms with Gasteiger partial charge in [0.2, 0.25) is 0 Å². The van der Waals surface area contributed by atoms with E-state index in [9.17, 15) is 4.39 Å². The molecule has 0 bridgehead atoms. The molecule has 1 nitrogen and oxygen atoms in total. The lowest BCUT2D eigenvalue weighted by Gasteiger charge is -1.90. The van der Waals surface area contributed by atoms with E-state index in [1.165, 1.54) is 0 Å². The molecule has 0 saturated carbocycles. The summed E-state index contributed by atoms with van der Waals surface area (Å²) in [4.78, 5) is 0. The van der Waals surface area contributed by atoms with Crippen molar-refractivity contribution in [1.29, 1.82) is 0 Å². The standard InChI is InChI=1S/C6H10FN/c1-2-3-5-8-6-4-7/h8H,4-6H2,1H3. The average molecular weight is 115 g/mol. The molecule has 0 aliphatic carbocycles. The molecule has 1 N–H and O–H groups in total. The number of alkyl halides is 1. The topological polar surface area (TPSA) is 12.0 Å². The lowest BCUT2D eigenvalue weighted by molar-refractivity contribution is 0.476. The van der Waals surface area contributed by atoms with Crippen LogP contribution in [0.3, 0.4) is 0 Å². The number of halogens is 1. The van der Waals surface area contributed by atoms with E-state index < -0.39 is 0 Å². The van der Waals surface area contributed by atoms with Crippen molar-refractivity contribution in [1.82, 2.24) is 5.32 Å². The molecule has 46 valence electrons. The fourth-order valence-electron chi connectivity index (χ4n) is 0.306. The summed E-state index contributed by atoms with van der Waals surface area (Å²) in [6, 6.07) is 0. The zero-order valence-corrected chi connectivity index (χ0v) is 5.00. The highest BCUT2D eigenvalue weighted by Gasteiger charge is 1.77. The molecule has 0 aromatic heterocycles. The third-order valence-corrected chi connectivity index (χ3v) is 0.661. The van der Waals surface area contributed by atoms with Crippen molar-refractivity contribution >= 4 is 0 Å². The maximum atomic E-state index is 11.3. The highest BCUT2D eigenvalue weighted by atomic mass is 19.1. The van der Waals surface area contributed by atoms with Gasteiger partial charge in [0.25, 0.3) is 0 Å². The molecule has 0 rings (SSSR count). The summed E-state index contributed by atoms with van der Waals surface area (Å²) in [7, 11) is 0. The molecule has 0 aliphatic heterocycles. The summed E-state index contributed by atoms with van der Waals surface area (Å²) >= 11 is 0. The van der Waals surface area contributed by atoms with Gasteiger partial charge in [-0.25, -0.2) is 4.39 Å². The molecule has 0 amide bonds. The smallest absolute Gasteiger partial charge is 0.102 e. The van der Waals surface area contributed by atoms with E-state index >= 15 is 0 Å². The lowest BCUT2D eigenvalue weighted by atomic mass is 10.6. The monoisotopic (exact) mass is 115 g/mol. The van der Waals surface area contributed by atoms with Crippen LogP contribution in [0.25, 0.3) is 0 Å². The minimum absolute atomic E-state index is 0.314. The van der Waals surface area contributed by atoms with Crippen molar-refractivity contribution in [3.63, 3.8) is 0 Å². The average Bonchev–Trinajstić information content (AvgIpc) is 1.81. The molecule has 0 aliphatic rings. The molecule has 0 fully saturated rings. The zero-order valence-electron chi connectivity index (χ0n) is 5.00. The number of rotatable bonds is 3. The van der Waals surface area contributed by atoms with Crippen LogP contribution in [0.1, 0.15) is 6.92 Å². The first-order chi connectivity index (χ1) is 3.91. The summed E-state index contributed by atoms with van der Waals surface area (Å²) in [6.07, 6.45) is 0. The first kappa shape index (κ1) is 7.45. The van der Waals surface area contributed by atoms with Gasteiger partial charge in [0.1, 0.15) is 6.67 Å². The van der Waals surface area contributed by atoms with Crippen molar-refractivity contribution in [3.05, 3.63) is 0 Å². The van der Waals surface area contributed by atoms with Crippen LogP contribution < -0.4 is 5.32 Å². The lowest BCUT2D eigenvalue weighted by Crippen LogP contribution is -2.16. The Labute approximate surface area is 49.3 Å².